The zero-order chi connectivity index (χ0) is 14.7. The predicted molar refractivity (Wildman–Crippen MR) is 80.6 cm³/mol. The first kappa shape index (κ1) is 14.5. The van der Waals surface area contributed by atoms with Crippen molar-refractivity contribution >= 4 is 0 Å². The summed E-state index contributed by atoms with van der Waals surface area (Å²) in [5.41, 5.74) is 4.46. The van der Waals surface area contributed by atoms with Gasteiger partial charge in [-0.25, -0.2) is 4.39 Å². The lowest BCUT2D eigenvalue weighted by molar-refractivity contribution is 0.415. The van der Waals surface area contributed by atoms with Crippen LogP contribution in [-0.4, -0.2) is 14.2 Å². The molecule has 3 heteroatoms. The van der Waals surface area contributed by atoms with Crippen LogP contribution in [0, 0.1) is 19.7 Å². The molecule has 1 N–H and O–H groups in total. The van der Waals surface area contributed by atoms with E-state index < -0.39 is 0 Å². The Bertz CT molecular complexity index is 623. The van der Waals surface area contributed by atoms with Gasteiger partial charge in [0.1, 0.15) is 11.6 Å². The quantitative estimate of drug-likeness (QED) is 0.914. The lowest BCUT2D eigenvalue weighted by Crippen LogP contribution is -2.05. The Morgan fingerprint density at radius 3 is 2.50 bits per heavy atom. The number of rotatable bonds is 4. The predicted octanol–water partition coefficient (Wildman–Crippen LogP) is 3.84. The van der Waals surface area contributed by atoms with Crippen LogP contribution in [-0.2, 0) is 6.54 Å². The average molecular weight is 273 g/mol. The van der Waals surface area contributed by atoms with Gasteiger partial charge in [0.25, 0.3) is 0 Å². The number of benzene rings is 2. The van der Waals surface area contributed by atoms with Crippen molar-refractivity contribution in [3.63, 3.8) is 0 Å². The number of ether oxygens (including phenoxy) is 1. The lowest BCUT2D eigenvalue weighted by atomic mass is 9.96. The van der Waals surface area contributed by atoms with Gasteiger partial charge in [0, 0.05) is 17.7 Å². The van der Waals surface area contributed by atoms with Crippen LogP contribution >= 0.6 is 0 Å². The monoisotopic (exact) mass is 273 g/mol. The zero-order valence-electron chi connectivity index (χ0n) is 12.4. The Morgan fingerprint density at radius 1 is 1.15 bits per heavy atom. The summed E-state index contributed by atoms with van der Waals surface area (Å²) in [5, 5.41) is 3.02. The zero-order valence-corrected chi connectivity index (χ0v) is 12.4. The average Bonchev–Trinajstić information content (AvgIpc) is 2.39. The molecule has 0 aliphatic rings. The van der Waals surface area contributed by atoms with Gasteiger partial charge in [-0.3, -0.25) is 0 Å². The van der Waals surface area contributed by atoms with Crippen molar-refractivity contribution in [3.8, 4) is 16.9 Å². The minimum atomic E-state index is -0.219. The molecule has 0 saturated heterocycles. The highest BCUT2D eigenvalue weighted by molar-refractivity contribution is 5.75. The van der Waals surface area contributed by atoms with E-state index in [1.54, 1.807) is 13.2 Å². The minimum Gasteiger partial charge on any atom is -0.496 e. The molecule has 0 fully saturated rings. The SMILES string of the molecule is CNCc1ccc(-c2c(C)cc(C)cc2OC)c(F)c1. The molecular formula is C17H20FNO. The van der Waals surface area contributed by atoms with E-state index in [0.29, 0.717) is 17.9 Å². The maximum absolute atomic E-state index is 14.4. The summed E-state index contributed by atoms with van der Waals surface area (Å²) in [5.74, 6) is 0.491. The normalized spacial score (nSPS) is 10.7. The molecule has 2 nitrogen and oxygen atoms in total. The number of nitrogens with one attached hydrogen (secondary N) is 1. The van der Waals surface area contributed by atoms with E-state index in [1.165, 1.54) is 0 Å². The maximum atomic E-state index is 14.4. The van der Waals surface area contributed by atoms with E-state index >= 15 is 0 Å². The third kappa shape index (κ3) is 2.83. The molecule has 0 atom stereocenters. The Morgan fingerprint density at radius 2 is 1.90 bits per heavy atom. The van der Waals surface area contributed by atoms with Crippen molar-refractivity contribution in [2.24, 2.45) is 0 Å². The summed E-state index contributed by atoms with van der Waals surface area (Å²) in [6.07, 6.45) is 0. The molecule has 2 rings (SSSR count). The van der Waals surface area contributed by atoms with Crippen LogP contribution in [0.4, 0.5) is 4.39 Å². The Balaban J connectivity index is 2.56. The topological polar surface area (TPSA) is 21.3 Å². The molecule has 0 aromatic heterocycles. The van der Waals surface area contributed by atoms with Crippen LogP contribution < -0.4 is 10.1 Å². The van der Waals surface area contributed by atoms with Crippen LogP contribution in [0.1, 0.15) is 16.7 Å². The molecule has 2 aromatic carbocycles. The minimum absolute atomic E-state index is 0.219. The van der Waals surface area contributed by atoms with Crippen LogP contribution in [0.2, 0.25) is 0 Å². The van der Waals surface area contributed by atoms with Crippen molar-refractivity contribution in [1.82, 2.24) is 5.32 Å². The second kappa shape index (κ2) is 6.06. The number of halogens is 1. The Labute approximate surface area is 119 Å². The fourth-order valence-corrected chi connectivity index (χ4v) is 2.51. The van der Waals surface area contributed by atoms with Gasteiger partial charge in [0.05, 0.1) is 7.11 Å². The van der Waals surface area contributed by atoms with E-state index in [-0.39, 0.29) is 5.82 Å². The highest BCUT2D eigenvalue weighted by Gasteiger charge is 2.14. The van der Waals surface area contributed by atoms with E-state index in [2.05, 4.69) is 5.32 Å². The number of aryl methyl sites for hydroxylation is 2. The first-order valence-corrected chi connectivity index (χ1v) is 6.65. The van der Waals surface area contributed by atoms with E-state index in [1.807, 2.05) is 45.2 Å². The van der Waals surface area contributed by atoms with Gasteiger partial charge >= 0.3 is 0 Å². The van der Waals surface area contributed by atoms with Crippen molar-refractivity contribution in [1.29, 1.82) is 0 Å². The van der Waals surface area contributed by atoms with Gasteiger partial charge in [-0.15, -0.1) is 0 Å². The fraction of sp³-hybridized carbons (Fsp3) is 0.294. The van der Waals surface area contributed by atoms with Gasteiger partial charge in [-0.1, -0.05) is 18.2 Å². The van der Waals surface area contributed by atoms with E-state index in [4.69, 9.17) is 4.74 Å². The highest BCUT2D eigenvalue weighted by Crippen LogP contribution is 2.36. The molecule has 2 aromatic rings. The Hall–Kier alpha value is -1.87. The summed E-state index contributed by atoms with van der Waals surface area (Å²) >= 11 is 0. The number of hydrogen-bond donors (Lipinski definition) is 1. The molecule has 0 heterocycles. The molecule has 20 heavy (non-hydrogen) atoms. The molecule has 0 radical (unpaired) electrons. The van der Waals surface area contributed by atoms with Gasteiger partial charge in [0.15, 0.2) is 0 Å². The molecule has 0 amide bonds. The smallest absolute Gasteiger partial charge is 0.131 e. The standard InChI is InChI=1S/C17H20FNO/c1-11-7-12(2)17(16(8-11)20-4)14-6-5-13(10-19-3)9-15(14)18/h5-9,19H,10H2,1-4H3. The van der Waals surface area contributed by atoms with Gasteiger partial charge in [-0.2, -0.15) is 0 Å². The number of hydrogen-bond acceptors (Lipinski definition) is 2. The van der Waals surface area contributed by atoms with Gasteiger partial charge < -0.3 is 10.1 Å². The summed E-state index contributed by atoms with van der Waals surface area (Å²) < 4.78 is 19.8. The number of methoxy groups -OCH3 is 1. The van der Waals surface area contributed by atoms with Crippen molar-refractivity contribution in [2.75, 3.05) is 14.2 Å². The van der Waals surface area contributed by atoms with Crippen LogP contribution in [0.5, 0.6) is 5.75 Å². The first-order valence-electron chi connectivity index (χ1n) is 6.65. The second-order valence-electron chi connectivity index (χ2n) is 5.00. The van der Waals surface area contributed by atoms with Crippen LogP contribution in [0.3, 0.4) is 0 Å². The maximum Gasteiger partial charge on any atom is 0.131 e. The van der Waals surface area contributed by atoms with Crippen molar-refractivity contribution < 1.29 is 9.13 Å². The molecular weight excluding hydrogens is 253 g/mol. The largest absolute Gasteiger partial charge is 0.496 e. The van der Waals surface area contributed by atoms with Crippen molar-refractivity contribution in [3.05, 3.63) is 52.8 Å². The summed E-state index contributed by atoms with van der Waals surface area (Å²) in [6, 6.07) is 9.31. The Kier molecular flexibility index (Phi) is 4.40. The van der Waals surface area contributed by atoms with E-state index in [0.717, 1.165) is 22.3 Å². The molecule has 0 saturated carbocycles. The fourth-order valence-electron chi connectivity index (χ4n) is 2.51. The molecule has 0 aliphatic heterocycles. The first-order chi connectivity index (χ1) is 9.56. The molecule has 106 valence electrons. The summed E-state index contributed by atoms with van der Waals surface area (Å²) in [4.78, 5) is 0. The highest BCUT2D eigenvalue weighted by atomic mass is 19.1. The van der Waals surface area contributed by atoms with Gasteiger partial charge in [-0.05, 0) is 49.7 Å². The second-order valence-corrected chi connectivity index (χ2v) is 5.00. The van der Waals surface area contributed by atoms with Gasteiger partial charge in [0.2, 0.25) is 0 Å². The molecule has 0 aliphatic carbocycles. The summed E-state index contributed by atoms with van der Waals surface area (Å²) in [6.45, 7) is 4.64. The van der Waals surface area contributed by atoms with Crippen molar-refractivity contribution in [2.45, 2.75) is 20.4 Å². The van der Waals surface area contributed by atoms with E-state index in [9.17, 15) is 4.39 Å². The van der Waals surface area contributed by atoms with Crippen LogP contribution in [0.25, 0.3) is 11.1 Å². The molecule has 0 bridgehead atoms. The van der Waals surface area contributed by atoms with Crippen LogP contribution in [0.15, 0.2) is 30.3 Å². The summed E-state index contributed by atoms with van der Waals surface area (Å²) in [7, 11) is 3.46. The lowest BCUT2D eigenvalue weighted by Gasteiger charge is -2.14. The molecule has 0 spiro atoms. The third-order valence-corrected chi connectivity index (χ3v) is 3.35. The third-order valence-electron chi connectivity index (χ3n) is 3.35. The molecule has 0 unspecified atom stereocenters.